The normalized spacial score (nSPS) is 10.1. The summed E-state index contributed by atoms with van der Waals surface area (Å²) in [4.78, 5) is 0. The molecule has 12 N–H and O–H groups in total. The minimum atomic E-state index is 0.722. The van der Waals surface area contributed by atoms with E-state index >= 15 is 0 Å². The molecule has 0 heterocycles. The maximum Gasteiger partial charge on any atom is 0.127 e. The summed E-state index contributed by atoms with van der Waals surface area (Å²) in [6, 6.07) is 41.9. The standard InChI is InChI=1S/C13H14N2.C12H12N2O.C10H10N2/c14-12-5-1-10(2-6-12)9-11-3-7-13(15)8-4-11;13-9-1-5-11(6-2-9)15-12-7-3-10(14)4-8-12;11-9-5-1-3-7-8(9)4-2-6-10(7)12/h1-8H,9,14-15H2;1-8H,13-14H2;1-6H,11-12H2. The SMILES string of the molecule is Nc1ccc(Cc2ccc(N)cc2)cc1.Nc1ccc(Oc2ccc(N)cc2)cc1.Nc1cccc2c(N)cccc12. The van der Waals surface area contributed by atoms with Gasteiger partial charge in [-0.15, -0.1) is 0 Å². The van der Waals surface area contributed by atoms with Crippen LogP contribution in [0.5, 0.6) is 11.5 Å². The van der Waals surface area contributed by atoms with E-state index in [4.69, 9.17) is 39.1 Å². The molecule has 0 unspecified atom stereocenters. The van der Waals surface area contributed by atoms with Gasteiger partial charge in [0.1, 0.15) is 11.5 Å². The van der Waals surface area contributed by atoms with Crippen molar-refractivity contribution in [1.29, 1.82) is 0 Å². The van der Waals surface area contributed by atoms with Gasteiger partial charge < -0.3 is 39.1 Å². The Bertz CT molecular complexity index is 1480. The Morgan fingerprint density at radius 3 is 1.00 bits per heavy atom. The molecule has 212 valence electrons. The number of nitrogen functional groups attached to an aromatic ring is 6. The van der Waals surface area contributed by atoms with E-state index in [0.717, 1.165) is 62.8 Å². The summed E-state index contributed by atoms with van der Waals surface area (Å²) < 4.78 is 5.58. The zero-order chi connectivity index (χ0) is 29.9. The van der Waals surface area contributed by atoms with Crippen LogP contribution in [0.2, 0.25) is 0 Å². The van der Waals surface area contributed by atoms with Crippen LogP contribution in [0.15, 0.2) is 133 Å². The Hall–Kier alpha value is -5.82. The third kappa shape index (κ3) is 8.59. The van der Waals surface area contributed by atoms with Gasteiger partial charge in [-0.3, -0.25) is 0 Å². The monoisotopic (exact) mass is 556 g/mol. The van der Waals surface area contributed by atoms with Crippen LogP contribution in [-0.4, -0.2) is 0 Å². The van der Waals surface area contributed by atoms with Crippen LogP contribution in [0.3, 0.4) is 0 Å². The maximum absolute atomic E-state index is 5.77. The van der Waals surface area contributed by atoms with Gasteiger partial charge in [0.15, 0.2) is 0 Å². The van der Waals surface area contributed by atoms with Crippen molar-refractivity contribution in [3.8, 4) is 11.5 Å². The number of ether oxygens (including phenoxy) is 1. The average Bonchev–Trinajstić information content (AvgIpc) is 2.99. The Kier molecular flexibility index (Phi) is 9.72. The van der Waals surface area contributed by atoms with Gasteiger partial charge in [-0.2, -0.15) is 0 Å². The number of nitrogens with two attached hydrogens (primary N) is 6. The lowest BCUT2D eigenvalue weighted by atomic mass is 10.0. The summed E-state index contributed by atoms with van der Waals surface area (Å²) in [6.07, 6.45) is 0.917. The van der Waals surface area contributed by atoms with Crippen molar-refractivity contribution in [2.24, 2.45) is 0 Å². The smallest absolute Gasteiger partial charge is 0.127 e. The second kappa shape index (κ2) is 14.0. The summed E-state index contributed by atoms with van der Waals surface area (Å²) in [7, 11) is 0. The van der Waals surface area contributed by atoms with Crippen LogP contribution < -0.4 is 39.1 Å². The second-order valence-corrected chi connectivity index (χ2v) is 9.69. The second-order valence-electron chi connectivity index (χ2n) is 9.69. The highest BCUT2D eigenvalue weighted by molar-refractivity contribution is 5.99. The van der Waals surface area contributed by atoms with Crippen molar-refractivity contribution in [2.45, 2.75) is 6.42 Å². The van der Waals surface area contributed by atoms with Gasteiger partial charge in [0.25, 0.3) is 0 Å². The molecule has 6 aromatic carbocycles. The maximum atomic E-state index is 5.77. The van der Waals surface area contributed by atoms with Crippen molar-refractivity contribution >= 4 is 44.9 Å². The van der Waals surface area contributed by atoms with Crippen LogP contribution in [0.1, 0.15) is 11.1 Å². The third-order valence-electron chi connectivity index (χ3n) is 6.35. The molecule has 7 heteroatoms. The number of hydrogen-bond acceptors (Lipinski definition) is 7. The van der Waals surface area contributed by atoms with Crippen molar-refractivity contribution < 1.29 is 4.74 Å². The molecule has 0 aliphatic carbocycles. The fraction of sp³-hybridized carbons (Fsp3) is 0.0286. The zero-order valence-electron chi connectivity index (χ0n) is 23.3. The van der Waals surface area contributed by atoms with Crippen molar-refractivity contribution in [2.75, 3.05) is 34.4 Å². The predicted octanol–water partition coefficient (Wildman–Crippen LogP) is 7.09. The molecule has 0 bridgehead atoms. The van der Waals surface area contributed by atoms with Gasteiger partial charge in [0, 0.05) is 44.9 Å². The van der Waals surface area contributed by atoms with Crippen LogP contribution in [-0.2, 0) is 6.42 Å². The summed E-state index contributed by atoms with van der Waals surface area (Å²) in [5.74, 6) is 1.52. The van der Waals surface area contributed by atoms with E-state index in [1.165, 1.54) is 11.1 Å². The van der Waals surface area contributed by atoms with Crippen LogP contribution >= 0.6 is 0 Å². The molecule has 0 fully saturated rings. The highest BCUT2D eigenvalue weighted by atomic mass is 16.5. The van der Waals surface area contributed by atoms with Crippen molar-refractivity contribution in [1.82, 2.24) is 0 Å². The fourth-order valence-electron chi connectivity index (χ4n) is 4.07. The molecule has 6 aromatic rings. The molecule has 0 saturated carbocycles. The topological polar surface area (TPSA) is 165 Å². The van der Waals surface area contributed by atoms with Gasteiger partial charge >= 0.3 is 0 Å². The van der Waals surface area contributed by atoms with Gasteiger partial charge in [0.05, 0.1) is 0 Å². The average molecular weight is 557 g/mol. The first-order valence-electron chi connectivity index (χ1n) is 13.4. The Morgan fingerprint density at radius 2 is 0.667 bits per heavy atom. The van der Waals surface area contributed by atoms with Crippen LogP contribution in [0, 0.1) is 0 Å². The van der Waals surface area contributed by atoms with Crippen LogP contribution in [0.4, 0.5) is 34.1 Å². The summed E-state index contributed by atoms with van der Waals surface area (Å²) in [5.41, 5.74) is 41.0. The van der Waals surface area contributed by atoms with E-state index in [1.54, 1.807) is 24.3 Å². The zero-order valence-corrected chi connectivity index (χ0v) is 23.3. The number of hydrogen-bond donors (Lipinski definition) is 6. The highest BCUT2D eigenvalue weighted by Crippen LogP contribution is 2.25. The lowest BCUT2D eigenvalue weighted by molar-refractivity contribution is 0.483. The predicted molar refractivity (Wildman–Crippen MR) is 179 cm³/mol. The van der Waals surface area contributed by atoms with E-state index in [2.05, 4.69) is 0 Å². The van der Waals surface area contributed by atoms with E-state index in [1.807, 2.05) is 109 Å². The first kappa shape index (κ1) is 29.2. The number of anilines is 6. The van der Waals surface area contributed by atoms with Crippen molar-refractivity contribution in [3.63, 3.8) is 0 Å². The molecule has 0 aromatic heterocycles. The van der Waals surface area contributed by atoms with Gasteiger partial charge in [-0.05, 0) is 102 Å². The lowest BCUT2D eigenvalue weighted by Crippen LogP contribution is -1.90. The Morgan fingerprint density at radius 1 is 0.357 bits per heavy atom. The molecule has 0 amide bonds. The highest BCUT2D eigenvalue weighted by Gasteiger charge is 1.99. The molecule has 0 saturated heterocycles. The number of rotatable bonds is 4. The first-order chi connectivity index (χ1) is 20.3. The minimum Gasteiger partial charge on any atom is -0.457 e. The third-order valence-corrected chi connectivity index (χ3v) is 6.35. The number of fused-ring (bicyclic) bond motifs is 1. The Balaban J connectivity index is 0.000000146. The first-order valence-corrected chi connectivity index (χ1v) is 13.4. The van der Waals surface area contributed by atoms with Crippen LogP contribution in [0.25, 0.3) is 10.8 Å². The fourth-order valence-corrected chi connectivity index (χ4v) is 4.07. The summed E-state index contributed by atoms with van der Waals surface area (Å²) in [6.45, 7) is 0. The molecule has 7 nitrogen and oxygen atoms in total. The Labute approximate surface area is 246 Å². The van der Waals surface area contributed by atoms with Gasteiger partial charge in [-0.1, -0.05) is 48.5 Å². The molecule has 0 spiro atoms. The largest absolute Gasteiger partial charge is 0.457 e. The van der Waals surface area contributed by atoms with E-state index in [0.29, 0.717) is 0 Å². The number of benzene rings is 6. The van der Waals surface area contributed by atoms with E-state index in [-0.39, 0.29) is 0 Å². The molecular weight excluding hydrogens is 520 g/mol. The van der Waals surface area contributed by atoms with Gasteiger partial charge in [-0.25, -0.2) is 0 Å². The molecule has 0 atom stereocenters. The van der Waals surface area contributed by atoms with E-state index < -0.39 is 0 Å². The minimum absolute atomic E-state index is 0.722. The molecule has 6 rings (SSSR count). The van der Waals surface area contributed by atoms with Crippen molar-refractivity contribution in [3.05, 3.63) is 145 Å². The molecule has 0 aliphatic heterocycles. The quantitative estimate of drug-likeness (QED) is 0.126. The molecule has 0 radical (unpaired) electrons. The summed E-state index contributed by atoms with van der Waals surface area (Å²) in [5, 5.41) is 2.05. The van der Waals surface area contributed by atoms with Gasteiger partial charge in [0.2, 0.25) is 0 Å². The molecule has 42 heavy (non-hydrogen) atoms. The van der Waals surface area contributed by atoms with E-state index in [9.17, 15) is 0 Å². The molecular formula is C35H36N6O. The molecule has 0 aliphatic rings. The lowest BCUT2D eigenvalue weighted by Gasteiger charge is -2.05. The summed E-state index contributed by atoms with van der Waals surface area (Å²) >= 11 is 0.